The van der Waals surface area contributed by atoms with Crippen molar-refractivity contribution in [2.24, 2.45) is 0 Å². The molecule has 0 spiro atoms. The van der Waals surface area contributed by atoms with Crippen LogP contribution in [0.2, 0.25) is 0 Å². The molecule has 7 nitrogen and oxygen atoms in total. The molecular formula is C11H14N6O. The lowest BCUT2D eigenvalue weighted by molar-refractivity contribution is 0.101. The van der Waals surface area contributed by atoms with Gasteiger partial charge in [-0.1, -0.05) is 12.1 Å². The van der Waals surface area contributed by atoms with Gasteiger partial charge in [0.25, 0.3) is 5.91 Å². The SMILES string of the molecule is CN(C)c1ccccc1NC(=O)c1nc(N)n[nH]1. The maximum absolute atomic E-state index is 11.9. The molecule has 0 saturated carbocycles. The molecule has 18 heavy (non-hydrogen) atoms. The fourth-order valence-electron chi connectivity index (χ4n) is 1.53. The predicted octanol–water partition coefficient (Wildman–Crippen LogP) is 0.705. The second kappa shape index (κ2) is 4.74. The Kier molecular flexibility index (Phi) is 3.13. The summed E-state index contributed by atoms with van der Waals surface area (Å²) in [5.74, 6) is -0.254. The molecule has 7 heteroatoms. The molecule has 0 aliphatic rings. The van der Waals surface area contributed by atoms with Gasteiger partial charge in [0.15, 0.2) is 0 Å². The average Bonchev–Trinajstić information content (AvgIpc) is 2.76. The third-order valence-corrected chi connectivity index (χ3v) is 2.35. The minimum Gasteiger partial charge on any atom is -0.376 e. The van der Waals surface area contributed by atoms with E-state index < -0.39 is 0 Å². The van der Waals surface area contributed by atoms with Gasteiger partial charge in [-0.3, -0.25) is 9.89 Å². The maximum atomic E-state index is 11.9. The van der Waals surface area contributed by atoms with Crippen molar-refractivity contribution in [3.8, 4) is 0 Å². The van der Waals surface area contributed by atoms with Crippen molar-refractivity contribution < 1.29 is 4.79 Å². The number of rotatable bonds is 3. The molecule has 2 aromatic rings. The Bertz CT molecular complexity index is 562. The molecule has 1 amide bonds. The molecule has 0 bridgehead atoms. The second-order valence-electron chi connectivity index (χ2n) is 3.91. The van der Waals surface area contributed by atoms with E-state index in [1.807, 2.05) is 43.3 Å². The van der Waals surface area contributed by atoms with Crippen molar-refractivity contribution in [2.45, 2.75) is 0 Å². The number of nitrogens with two attached hydrogens (primary N) is 1. The van der Waals surface area contributed by atoms with E-state index in [0.717, 1.165) is 5.69 Å². The van der Waals surface area contributed by atoms with E-state index in [0.29, 0.717) is 5.69 Å². The first-order chi connectivity index (χ1) is 8.58. The highest BCUT2D eigenvalue weighted by molar-refractivity contribution is 6.03. The minimum atomic E-state index is -0.381. The Morgan fingerprint density at radius 1 is 1.39 bits per heavy atom. The Hall–Kier alpha value is -2.57. The normalized spacial score (nSPS) is 10.1. The smallest absolute Gasteiger partial charge is 0.293 e. The summed E-state index contributed by atoms with van der Waals surface area (Å²) < 4.78 is 0. The van der Waals surface area contributed by atoms with Gasteiger partial charge in [-0.05, 0) is 12.1 Å². The molecule has 1 heterocycles. The van der Waals surface area contributed by atoms with E-state index in [9.17, 15) is 4.79 Å². The van der Waals surface area contributed by atoms with Gasteiger partial charge in [0.05, 0.1) is 11.4 Å². The van der Waals surface area contributed by atoms with Gasteiger partial charge in [0.2, 0.25) is 11.8 Å². The summed E-state index contributed by atoms with van der Waals surface area (Å²) in [6, 6.07) is 7.46. The maximum Gasteiger partial charge on any atom is 0.293 e. The van der Waals surface area contributed by atoms with Crippen LogP contribution >= 0.6 is 0 Å². The number of hydrogen-bond acceptors (Lipinski definition) is 5. The van der Waals surface area contributed by atoms with Gasteiger partial charge >= 0.3 is 0 Å². The summed E-state index contributed by atoms with van der Waals surface area (Å²) in [7, 11) is 3.80. The molecule has 0 fully saturated rings. The van der Waals surface area contributed by atoms with Crippen LogP contribution in [0.15, 0.2) is 24.3 Å². The van der Waals surface area contributed by atoms with Gasteiger partial charge in [-0.15, -0.1) is 5.10 Å². The number of carbonyl (C=O) groups is 1. The number of carbonyl (C=O) groups excluding carboxylic acids is 1. The minimum absolute atomic E-state index is 0.0426. The Balaban J connectivity index is 2.22. The number of nitrogen functional groups attached to an aromatic ring is 1. The number of para-hydroxylation sites is 2. The van der Waals surface area contributed by atoms with E-state index in [-0.39, 0.29) is 17.7 Å². The number of aromatic amines is 1. The topological polar surface area (TPSA) is 99.9 Å². The second-order valence-corrected chi connectivity index (χ2v) is 3.91. The average molecular weight is 246 g/mol. The van der Waals surface area contributed by atoms with E-state index in [4.69, 9.17) is 5.73 Å². The number of aromatic nitrogens is 3. The standard InChI is InChI=1S/C11H14N6O/c1-17(2)8-6-4-3-5-7(8)13-10(18)9-14-11(12)16-15-9/h3-6H,1-2H3,(H,13,18)(H3,12,14,15,16). The highest BCUT2D eigenvalue weighted by Gasteiger charge is 2.13. The molecule has 0 unspecified atom stereocenters. The van der Waals surface area contributed by atoms with Gasteiger partial charge in [0, 0.05) is 14.1 Å². The first-order valence-corrected chi connectivity index (χ1v) is 5.33. The summed E-state index contributed by atoms with van der Waals surface area (Å²) in [6.07, 6.45) is 0. The molecule has 0 aliphatic heterocycles. The summed E-state index contributed by atoms with van der Waals surface area (Å²) in [5.41, 5.74) is 6.94. The third-order valence-electron chi connectivity index (χ3n) is 2.35. The molecule has 0 atom stereocenters. The molecule has 0 radical (unpaired) electrons. The Morgan fingerprint density at radius 3 is 2.72 bits per heavy atom. The van der Waals surface area contributed by atoms with Gasteiger partial charge in [-0.25, -0.2) is 0 Å². The van der Waals surface area contributed by atoms with E-state index in [2.05, 4.69) is 20.5 Å². The molecule has 0 saturated heterocycles. The van der Waals surface area contributed by atoms with Crippen molar-refractivity contribution in [2.75, 3.05) is 30.0 Å². The number of hydrogen-bond donors (Lipinski definition) is 3. The summed E-state index contributed by atoms with van der Waals surface area (Å²) in [4.78, 5) is 17.6. The molecule has 1 aromatic heterocycles. The highest BCUT2D eigenvalue weighted by atomic mass is 16.2. The van der Waals surface area contributed by atoms with Crippen molar-refractivity contribution in [1.29, 1.82) is 0 Å². The monoisotopic (exact) mass is 246 g/mol. The molecular weight excluding hydrogens is 232 g/mol. The van der Waals surface area contributed by atoms with Crippen LogP contribution in [0.5, 0.6) is 0 Å². The van der Waals surface area contributed by atoms with Crippen LogP contribution in [0.4, 0.5) is 17.3 Å². The Labute approximate surface area is 104 Å². The fourth-order valence-corrected chi connectivity index (χ4v) is 1.53. The molecule has 2 rings (SSSR count). The van der Waals surface area contributed by atoms with Crippen LogP contribution in [0, 0.1) is 0 Å². The van der Waals surface area contributed by atoms with Crippen LogP contribution in [0.1, 0.15) is 10.6 Å². The summed E-state index contributed by atoms with van der Waals surface area (Å²) in [6.45, 7) is 0. The van der Waals surface area contributed by atoms with Gasteiger partial charge < -0.3 is 16.0 Å². The number of H-pyrrole nitrogens is 1. The highest BCUT2D eigenvalue weighted by Crippen LogP contribution is 2.23. The van der Waals surface area contributed by atoms with Crippen LogP contribution in [0.3, 0.4) is 0 Å². The number of amides is 1. The number of nitrogens with one attached hydrogen (secondary N) is 2. The summed E-state index contributed by atoms with van der Waals surface area (Å²) >= 11 is 0. The van der Waals surface area contributed by atoms with Crippen molar-refractivity contribution >= 4 is 23.2 Å². The lowest BCUT2D eigenvalue weighted by atomic mass is 10.2. The zero-order valence-electron chi connectivity index (χ0n) is 10.1. The quantitative estimate of drug-likeness (QED) is 0.740. The number of nitrogens with zero attached hydrogens (tertiary/aromatic N) is 3. The number of benzene rings is 1. The summed E-state index contributed by atoms with van der Waals surface area (Å²) in [5, 5.41) is 8.82. The van der Waals surface area contributed by atoms with Crippen LogP contribution in [-0.4, -0.2) is 35.2 Å². The predicted molar refractivity (Wildman–Crippen MR) is 69.5 cm³/mol. The van der Waals surface area contributed by atoms with E-state index in [1.54, 1.807) is 0 Å². The van der Waals surface area contributed by atoms with Crippen molar-refractivity contribution in [3.63, 3.8) is 0 Å². The van der Waals surface area contributed by atoms with Gasteiger partial charge in [-0.2, -0.15) is 4.98 Å². The largest absolute Gasteiger partial charge is 0.376 e. The first kappa shape index (κ1) is 11.9. The lowest BCUT2D eigenvalue weighted by Crippen LogP contribution is -2.17. The number of anilines is 3. The molecule has 4 N–H and O–H groups in total. The van der Waals surface area contributed by atoms with E-state index in [1.165, 1.54) is 0 Å². The van der Waals surface area contributed by atoms with Crippen LogP contribution in [-0.2, 0) is 0 Å². The molecule has 94 valence electrons. The zero-order chi connectivity index (χ0) is 13.1. The first-order valence-electron chi connectivity index (χ1n) is 5.33. The third kappa shape index (κ3) is 2.40. The van der Waals surface area contributed by atoms with Gasteiger partial charge in [0.1, 0.15) is 0 Å². The van der Waals surface area contributed by atoms with E-state index >= 15 is 0 Å². The van der Waals surface area contributed by atoms with Crippen molar-refractivity contribution in [1.82, 2.24) is 15.2 Å². The van der Waals surface area contributed by atoms with Crippen LogP contribution in [0.25, 0.3) is 0 Å². The zero-order valence-corrected chi connectivity index (χ0v) is 10.1. The van der Waals surface area contributed by atoms with Crippen molar-refractivity contribution in [3.05, 3.63) is 30.1 Å². The fraction of sp³-hybridized carbons (Fsp3) is 0.182. The van der Waals surface area contributed by atoms with Crippen LogP contribution < -0.4 is 16.0 Å². The molecule has 1 aromatic carbocycles. The lowest BCUT2D eigenvalue weighted by Gasteiger charge is -2.17. The Morgan fingerprint density at radius 2 is 2.11 bits per heavy atom. The molecule has 0 aliphatic carbocycles.